The zero-order valence-corrected chi connectivity index (χ0v) is 4.05. The van der Waals surface area contributed by atoms with Crippen molar-refractivity contribution in [2.45, 2.75) is 0 Å². The Hall–Kier alpha value is 0.310. The molecule has 0 aliphatic carbocycles. The van der Waals surface area contributed by atoms with Crippen LogP contribution in [0.3, 0.4) is 0 Å². The SMILES string of the molecule is CSCC[O]. The van der Waals surface area contributed by atoms with Crippen LogP contribution in [-0.4, -0.2) is 18.6 Å². The van der Waals surface area contributed by atoms with Crippen LogP contribution in [0.1, 0.15) is 0 Å². The highest BCUT2D eigenvalue weighted by Crippen LogP contribution is 1.85. The summed E-state index contributed by atoms with van der Waals surface area (Å²) in [6.45, 7) is 0.0567. The molecule has 0 heterocycles. The zero-order valence-electron chi connectivity index (χ0n) is 3.23. The molecule has 0 saturated carbocycles. The molecular weight excluding hydrogens is 84.1 g/mol. The first-order valence-electron chi connectivity index (χ1n) is 1.49. The van der Waals surface area contributed by atoms with E-state index in [4.69, 9.17) is 0 Å². The zero-order chi connectivity index (χ0) is 4.12. The topological polar surface area (TPSA) is 19.9 Å². The van der Waals surface area contributed by atoms with E-state index in [1.54, 1.807) is 11.8 Å². The van der Waals surface area contributed by atoms with E-state index in [-0.39, 0.29) is 6.61 Å². The summed E-state index contributed by atoms with van der Waals surface area (Å²) in [6.07, 6.45) is 1.93. The van der Waals surface area contributed by atoms with Crippen LogP contribution in [0.2, 0.25) is 0 Å². The van der Waals surface area contributed by atoms with Crippen LogP contribution in [0.4, 0.5) is 0 Å². The lowest BCUT2D eigenvalue weighted by atomic mass is 10.9. The van der Waals surface area contributed by atoms with E-state index in [0.717, 1.165) is 5.75 Å². The monoisotopic (exact) mass is 91.0 g/mol. The van der Waals surface area contributed by atoms with Crippen LogP contribution >= 0.6 is 11.8 Å². The lowest BCUT2D eigenvalue weighted by Crippen LogP contribution is -1.78. The first-order valence-corrected chi connectivity index (χ1v) is 2.88. The van der Waals surface area contributed by atoms with Gasteiger partial charge < -0.3 is 0 Å². The number of rotatable bonds is 2. The van der Waals surface area contributed by atoms with Gasteiger partial charge in [-0.3, -0.25) is 0 Å². The van der Waals surface area contributed by atoms with Gasteiger partial charge in [-0.2, -0.15) is 11.8 Å². The van der Waals surface area contributed by atoms with Gasteiger partial charge in [-0.05, 0) is 6.26 Å². The maximum absolute atomic E-state index is 9.51. The third kappa shape index (κ3) is 4.31. The molecule has 0 aromatic heterocycles. The van der Waals surface area contributed by atoms with Crippen molar-refractivity contribution in [3.63, 3.8) is 0 Å². The summed E-state index contributed by atoms with van der Waals surface area (Å²) in [6, 6.07) is 0. The Morgan fingerprint density at radius 3 is 2.40 bits per heavy atom. The molecule has 0 atom stereocenters. The van der Waals surface area contributed by atoms with Crippen LogP contribution in [-0.2, 0) is 5.11 Å². The Labute approximate surface area is 36.4 Å². The summed E-state index contributed by atoms with van der Waals surface area (Å²) < 4.78 is 0. The highest BCUT2D eigenvalue weighted by atomic mass is 32.2. The van der Waals surface area contributed by atoms with Crippen molar-refractivity contribution < 1.29 is 5.11 Å². The van der Waals surface area contributed by atoms with E-state index < -0.39 is 0 Å². The van der Waals surface area contributed by atoms with Crippen molar-refractivity contribution in [2.75, 3.05) is 18.6 Å². The van der Waals surface area contributed by atoms with Crippen molar-refractivity contribution in [3.8, 4) is 0 Å². The molecular formula is C3H7OS. The molecule has 0 saturated heterocycles. The molecule has 0 amide bonds. The van der Waals surface area contributed by atoms with Gasteiger partial charge in [0.05, 0.1) is 6.61 Å². The lowest BCUT2D eigenvalue weighted by Gasteiger charge is -1.77. The quantitative estimate of drug-likeness (QED) is 0.491. The van der Waals surface area contributed by atoms with E-state index in [1.165, 1.54) is 0 Å². The van der Waals surface area contributed by atoms with Crippen LogP contribution in [0.15, 0.2) is 0 Å². The molecule has 0 N–H and O–H groups in total. The fourth-order valence-corrected chi connectivity index (χ4v) is 0.250. The van der Waals surface area contributed by atoms with Gasteiger partial charge in [0, 0.05) is 5.75 Å². The van der Waals surface area contributed by atoms with Gasteiger partial charge in [0.25, 0.3) is 0 Å². The highest BCUT2D eigenvalue weighted by molar-refractivity contribution is 7.98. The second kappa shape index (κ2) is 4.31. The molecule has 1 radical (unpaired) electrons. The Bertz CT molecular complexity index is 14.4. The summed E-state index contributed by atoms with van der Waals surface area (Å²) in [7, 11) is 0. The molecule has 0 rings (SSSR count). The fourth-order valence-electron chi connectivity index (χ4n) is 0.0833. The Morgan fingerprint density at radius 2 is 2.40 bits per heavy atom. The standard InChI is InChI=1S/C3H7OS/c1-5-3-2-4/h2-3H2,1H3. The van der Waals surface area contributed by atoms with E-state index in [0.29, 0.717) is 0 Å². The van der Waals surface area contributed by atoms with Gasteiger partial charge in [-0.25, -0.2) is 5.11 Å². The van der Waals surface area contributed by atoms with E-state index >= 15 is 0 Å². The second-order valence-corrected chi connectivity index (χ2v) is 1.68. The van der Waals surface area contributed by atoms with Crippen molar-refractivity contribution >= 4 is 11.8 Å². The molecule has 0 fully saturated rings. The summed E-state index contributed by atoms with van der Waals surface area (Å²) in [5.41, 5.74) is 0. The Balaban J connectivity index is 2.19. The summed E-state index contributed by atoms with van der Waals surface area (Å²) >= 11 is 1.59. The van der Waals surface area contributed by atoms with Crippen molar-refractivity contribution in [1.82, 2.24) is 0 Å². The first kappa shape index (κ1) is 5.31. The third-order valence-electron chi connectivity index (χ3n) is 0.287. The number of hydrogen-bond donors (Lipinski definition) is 0. The molecule has 0 unspecified atom stereocenters. The molecule has 1 nitrogen and oxygen atoms in total. The van der Waals surface area contributed by atoms with Crippen molar-refractivity contribution in [1.29, 1.82) is 0 Å². The number of thioether (sulfide) groups is 1. The predicted octanol–water partition coefficient (Wildman–Crippen LogP) is 0.780. The first-order chi connectivity index (χ1) is 2.41. The average molecular weight is 91.2 g/mol. The molecule has 0 aromatic rings. The minimum Gasteiger partial charge on any atom is -0.236 e. The second-order valence-electron chi connectivity index (χ2n) is 0.697. The largest absolute Gasteiger partial charge is 0.236 e. The van der Waals surface area contributed by atoms with Gasteiger partial charge in [0.2, 0.25) is 0 Å². The fraction of sp³-hybridized carbons (Fsp3) is 1.00. The highest BCUT2D eigenvalue weighted by Gasteiger charge is 1.71. The molecule has 0 aliphatic rings. The van der Waals surface area contributed by atoms with Crippen molar-refractivity contribution in [3.05, 3.63) is 0 Å². The lowest BCUT2D eigenvalue weighted by molar-refractivity contribution is 0.215. The van der Waals surface area contributed by atoms with E-state index in [1.807, 2.05) is 6.26 Å². The minimum absolute atomic E-state index is 0.0567. The maximum Gasteiger partial charge on any atom is 0.0912 e. The normalized spacial score (nSPS) is 8.40. The molecule has 2 heteroatoms. The molecule has 0 aromatic carbocycles. The van der Waals surface area contributed by atoms with Crippen LogP contribution in [0.25, 0.3) is 0 Å². The summed E-state index contributed by atoms with van der Waals surface area (Å²) in [5.74, 6) is 0.750. The van der Waals surface area contributed by atoms with Gasteiger partial charge in [-0.1, -0.05) is 0 Å². The molecule has 5 heavy (non-hydrogen) atoms. The Morgan fingerprint density at radius 1 is 1.80 bits per heavy atom. The van der Waals surface area contributed by atoms with Gasteiger partial charge in [0.15, 0.2) is 0 Å². The van der Waals surface area contributed by atoms with E-state index in [9.17, 15) is 5.11 Å². The summed E-state index contributed by atoms with van der Waals surface area (Å²) in [5, 5.41) is 9.51. The Kier molecular flexibility index (Phi) is 4.58. The number of hydrogen-bond acceptors (Lipinski definition) is 1. The molecule has 0 bridgehead atoms. The van der Waals surface area contributed by atoms with Gasteiger partial charge in [0.1, 0.15) is 0 Å². The van der Waals surface area contributed by atoms with Crippen LogP contribution < -0.4 is 0 Å². The summed E-state index contributed by atoms with van der Waals surface area (Å²) in [4.78, 5) is 0. The molecule has 0 aliphatic heterocycles. The van der Waals surface area contributed by atoms with Crippen LogP contribution in [0, 0.1) is 0 Å². The van der Waals surface area contributed by atoms with Gasteiger partial charge >= 0.3 is 0 Å². The smallest absolute Gasteiger partial charge is 0.0912 e. The predicted molar refractivity (Wildman–Crippen MR) is 23.9 cm³/mol. The average Bonchev–Trinajstić information content (AvgIpc) is 1.41. The minimum atomic E-state index is 0.0567. The molecule has 0 spiro atoms. The van der Waals surface area contributed by atoms with Crippen molar-refractivity contribution in [2.24, 2.45) is 0 Å². The van der Waals surface area contributed by atoms with Crippen LogP contribution in [0.5, 0.6) is 0 Å². The van der Waals surface area contributed by atoms with Gasteiger partial charge in [-0.15, -0.1) is 0 Å². The molecule has 31 valence electrons. The third-order valence-corrected chi connectivity index (χ3v) is 0.862. The maximum atomic E-state index is 9.51. The van der Waals surface area contributed by atoms with E-state index in [2.05, 4.69) is 0 Å².